The van der Waals surface area contributed by atoms with E-state index < -0.39 is 10.2 Å². The van der Waals surface area contributed by atoms with E-state index in [1.807, 2.05) is 7.05 Å². The number of likely N-dealkylation sites (N-methyl/N-ethyl adjacent to an activating group) is 1. The Morgan fingerprint density at radius 2 is 2.10 bits per heavy atom. The fourth-order valence-electron chi connectivity index (χ4n) is 3.03. The third kappa shape index (κ3) is 4.39. The maximum Gasteiger partial charge on any atom is 0.279 e. The van der Waals surface area contributed by atoms with Crippen molar-refractivity contribution in [1.29, 1.82) is 0 Å². The van der Waals surface area contributed by atoms with Gasteiger partial charge in [-0.3, -0.25) is 0 Å². The molecule has 0 aliphatic carbocycles. The quantitative estimate of drug-likeness (QED) is 0.717. The summed E-state index contributed by atoms with van der Waals surface area (Å²) >= 11 is 0. The molecule has 2 aliphatic heterocycles. The van der Waals surface area contributed by atoms with Crippen LogP contribution in [0.25, 0.3) is 0 Å². The summed E-state index contributed by atoms with van der Waals surface area (Å²) in [5.41, 5.74) is 0. The molecule has 2 fully saturated rings. The Morgan fingerprint density at radius 1 is 1.25 bits per heavy atom. The Morgan fingerprint density at radius 3 is 2.80 bits per heavy atom. The van der Waals surface area contributed by atoms with Crippen LogP contribution in [0.1, 0.15) is 38.5 Å². The van der Waals surface area contributed by atoms with Crippen LogP contribution in [0.15, 0.2) is 0 Å². The second-order valence-electron chi connectivity index (χ2n) is 5.64. The highest BCUT2D eigenvalue weighted by molar-refractivity contribution is 7.87. The third-order valence-corrected chi connectivity index (χ3v) is 5.76. The van der Waals surface area contributed by atoms with E-state index in [0.29, 0.717) is 19.6 Å². The van der Waals surface area contributed by atoms with Gasteiger partial charge in [-0.05, 0) is 39.2 Å². The zero-order valence-electron chi connectivity index (χ0n) is 12.3. The lowest BCUT2D eigenvalue weighted by Crippen LogP contribution is -2.52. The van der Waals surface area contributed by atoms with Crippen molar-refractivity contribution < 1.29 is 13.2 Å². The van der Waals surface area contributed by atoms with E-state index in [4.69, 9.17) is 4.74 Å². The zero-order valence-corrected chi connectivity index (χ0v) is 13.1. The number of ether oxygens (including phenoxy) is 1. The summed E-state index contributed by atoms with van der Waals surface area (Å²) < 4.78 is 34.7. The molecule has 0 saturated carbocycles. The average molecular weight is 305 g/mol. The lowest BCUT2D eigenvalue weighted by molar-refractivity contribution is 0.105. The molecule has 2 saturated heterocycles. The number of nitrogens with one attached hydrogen (secondary N) is 2. The Balaban J connectivity index is 1.83. The van der Waals surface area contributed by atoms with Crippen molar-refractivity contribution in [2.75, 3.05) is 33.3 Å². The summed E-state index contributed by atoms with van der Waals surface area (Å²) in [4.78, 5) is 0. The summed E-state index contributed by atoms with van der Waals surface area (Å²) in [6.45, 7) is 2.62. The van der Waals surface area contributed by atoms with Gasteiger partial charge in [-0.1, -0.05) is 6.42 Å². The molecule has 2 rings (SSSR count). The number of piperidine rings is 1. The molecule has 0 radical (unpaired) electrons. The van der Waals surface area contributed by atoms with Crippen molar-refractivity contribution in [1.82, 2.24) is 14.3 Å². The van der Waals surface area contributed by atoms with Crippen LogP contribution < -0.4 is 10.0 Å². The predicted molar refractivity (Wildman–Crippen MR) is 78.8 cm³/mol. The lowest BCUT2D eigenvalue weighted by atomic mass is 10.1. The highest BCUT2D eigenvalue weighted by Crippen LogP contribution is 2.20. The summed E-state index contributed by atoms with van der Waals surface area (Å²) in [5, 5.41) is 3.09. The molecule has 118 valence electrons. The Labute approximate surface area is 122 Å². The summed E-state index contributed by atoms with van der Waals surface area (Å²) in [6.07, 6.45) is 6.13. The number of hydrogen-bond donors (Lipinski definition) is 2. The molecule has 2 heterocycles. The lowest BCUT2D eigenvalue weighted by Gasteiger charge is -2.34. The molecule has 2 unspecified atom stereocenters. The molecule has 7 heteroatoms. The SMILES string of the molecule is CNCC1CCCCN1S(=O)(=O)NCCC1CCCO1. The van der Waals surface area contributed by atoms with Gasteiger partial charge in [0.25, 0.3) is 10.2 Å². The minimum absolute atomic E-state index is 0.0778. The van der Waals surface area contributed by atoms with Gasteiger partial charge in [-0.15, -0.1) is 0 Å². The molecule has 2 aliphatic rings. The molecular weight excluding hydrogens is 278 g/mol. The molecule has 0 aromatic heterocycles. The average Bonchev–Trinajstić information content (AvgIpc) is 2.92. The van der Waals surface area contributed by atoms with Crippen LogP contribution in [-0.2, 0) is 14.9 Å². The van der Waals surface area contributed by atoms with E-state index in [2.05, 4.69) is 10.0 Å². The van der Waals surface area contributed by atoms with E-state index in [1.54, 1.807) is 4.31 Å². The van der Waals surface area contributed by atoms with Crippen LogP contribution in [0, 0.1) is 0 Å². The topological polar surface area (TPSA) is 70.7 Å². The normalized spacial score (nSPS) is 28.9. The van der Waals surface area contributed by atoms with E-state index in [1.165, 1.54) is 0 Å². The molecule has 6 nitrogen and oxygen atoms in total. The maximum absolute atomic E-state index is 12.4. The highest BCUT2D eigenvalue weighted by Gasteiger charge is 2.31. The Bertz CT molecular complexity index is 380. The first-order chi connectivity index (χ1) is 9.63. The number of hydrogen-bond acceptors (Lipinski definition) is 4. The van der Waals surface area contributed by atoms with Crippen molar-refractivity contribution in [2.24, 2.45) is 0 Å². The van der Waals surface area contributed by atoms with Gasteiger partial charge in [0.1, 0.15) is 0 Å². The van der Waals surface area contributed by atoms with Crippen LogP contribution in [0.2, 0.25) is 0 Å². The summed E-state index contributed by atoms with van der Waals surface area (Å²) in [5.74, 6) is 0. The standard InChI is InChI=1S/C13H27N3O3S/c1-14-11-12-5-2-3-9-16(12)20(17,18)15-8-7-13-6-4-10-19-13/h12-15H,2-11H2,1H3. The smallest absolute Gasteiger partial charge is 0.279 e. The van der Waals surface area contributed by atoms with Crippen molar-refractivity contribution >= 4 is 10.2 Å². The molecule has 0 spiro atoms. The predicted octanol–water partition coefficient (Wildman–Crippen LogP) is 0.464. The van der Waals surface area contributed by atoms with Gasteiger partial charge in [-0.25, -0.2) is 4.72 Å². The molecule has 0 aromatic carbocycles. The zero-order chi connectivity index (χ0) is 14.4. The second kappa shape index (κ2) is 7.70. The van der Waals surface area contributed by atoms with Crippen LogP contribution in [-0.4, -0.2) is 58.2 Å². The van der Waals surface area contributed by atoms with Gasteiger partial charge >= 0.3 is 0 Å². The van der Waals surface area contributed by atoms with Gasteiger partial charge in [0, 0.05) is 32.3 Å². The van der Waals surface area contributed by atoms with Gasteiger partial charge in [0.2, 0.25) is 0 Å². The molecule has 2 N–H and O–H groups in total. The van der Waals surface area contributed by atoms with Crippen molar-refractivity contribution in [3.63, 3.8) is 0 Å². The van der Waals surface area contributed by atoms with Crippen molar-refractivity contribution in [3.05, 3.63) is 0 Å². The molecule has 2 atom stereocenters. The van der Waals surface area contributed by atoms with E-state index >= 15 is 0 Å². The second-order valence-corrected chi connectivity index (χ2v) is 7.35. The first-order valence-electron chi connectivity index (χ1n) is 7.66. The minimum atomic E-state index is -3.36. The number of rotatable bonds is 7. The largest absolute Gasteiger partial charge is 0.378 e. The van der Waals surface area contributed by atoms with Crippen LogP contribution >= 0.6 is 0 Å². The summed E-state index contributed by atoms with van der Waals surface area (Å²) in [6, 6.07) is 0.0778. The fraction of sp³-hybridized carbons (Fsp3) is 1.00. The molecule has 0 aromatic rings. The van der Waals surface area contributed by atoms with Crippen molar-refractivity contribution in [2.45, 2.75) is 50.7 Å². The molecule has 0 bridgehead atoms. The van der Waals surface area contributed by atoms with Crippen LogP contribution in [0.4, 0.5) is 0 Å². The highest BCUT2D eigenvalue weighted by atomic mass is 32.2. The fourth-order valence-corrected chi connectivity index (χ4v) is 4.52. The molecular formula is C13H27N3O3S. The van der Waals surface area contributed by atoms with E-state index in [-0.39, 0.29) is 12.1 Å². The molecule has 0 amide bonds. The Hall–Kier alpha value is -0.210. The van der Waals surface area contributed by atoms with E-state index in [9.17, 15) is 8.42 Å². The Kier molecular flexibility index (Phi) is 6.22. The van der Waals surface area contributed by atoms with Gasteiger partial charge in [-0.2, -0.15) is 12.7 Å². The van der Waals surface area contributed by atoms with Gasteiger partial charge < -0.3 is 10.1 Å². The van der Waals surface area contributed by atoms with Crippen molar-refractivity contribution in [3.8, 4) is 0 Å². The monoisotopic (exact) mass is 305 g/mol. The van der Waals surface area contributed by atoms with Gasteiger partial charge in [0.15, 0.2) is 0 Å². The molecule has 20 heavy (non-hydrogen) atoms. The summed E-state index contributed by atoms with van der Waals surface area (Å²) in [7, 11) is -1.49. The minimum Gasteiger partial charge on any atom is -0.378 e. The van der Waals surface area contributed by atoms with Crippen LogP contribution in [0.5, 0.6) is 0 Å². The number of nitrogens with zero attached hydrogens (tertiary/aromatic N) is 1. The first-order valence-corrected chi connectivity index (χ1v) is 9.10. The van der Waals surface area contributed by atoms with E-state index in [0.717, 1.165) is 45.1 Å². The first kappa shape index (κ1) is 16.2. The van der Waals surface area contributed by atoms with Crippen LogP contribution in [0.3, 0.4) is 0 Å². The third-order valence-electron chi connectivity index (χ3n) is 4.10. The van der Waals surface area contributed by atoms with Gasteiger partial charge in [0.05, 0.1) is 6.10 Å². The maximum atomic E-state index is 12.4.